The number of carboxylic acids is 2. The Kier molecular flexibility index (Phi) is 9.63. The summed E-state index contributed by atoms with van der Waals surface area (Å²) in [6, 6.07) is -2.20. The van der Waals surface area contributed by atoms with E-state index in [2.05, 4.69) is 19.9 Å². The Hall–Kier alpha value is -2.10. The second kappa shape index (κ2) is 10.6. The number of nitrogens with zero attached hydrogens (tertiary/aromatic N) is 2. The Morgan fingerprint density at radius 1 is 0.957 bits per heavy atom. The van der Waals surface area contributed by atoms with Crippen LogP contribution in [0.2, 0.25) is 0 Å². The number of carboxylic acid groups (broad SMARTS) is 2. The number of H-pyrrole nitrogens is 2. The van der Waals surface area contributed by atoms with Gasteiger partial charge < -0.3 is 31.6 Å². The van der Waals surface area contributed by atoms with Crippen LogP contribution in [0.25, 0.3) is 11.5 Å². The van der Waals surface area contributed by atoms with Crippen LogP contribution in [-0.2, 0) is 41.9 Å². The normalized spacial score (nSPS) is 12.3. The van der Waals surface area contributed by atoms with Gasteiger partial charge in [0.15, 0.2) is 0 Å². The van der Waals surface area contributed by atoms with Gasteiger partial charge in [0.1, 0.15) is 0 Å². The van der Waals surface area contributed by atoms with Gasteiger partial charge in [-0.3, -0.25) is 9.59 Å². The van der Waals surface area contributed by atoms with Crippen LogP contribution >= 0.6 is 0 Å². The number of aromatic amines is 2. The third kappa shape index (κ3) is 8.19. The van der Waals surface area contributed by atoms with E-state index in [0.29, 0.717) is 11.4 Å². The Balaban J connectivity index is 0.000000403. The van der Waals surface area contributed by atoms with E-state index in [-0.39, 0.29) is 32.3 Å². The molecule has 2 rings (SSSR count). The molecule has 120 valence electrons. The van der Waals surface area contributed by atoms with E-state index >= 15 is 0 Å². The minimum Gasteiger partial charge on any atom is -0.665 e. The van der Waals surface area contributed by atoms with Gasteiger partial charge in [-0.05, 0) is 24.9 Å². The molecule has 0 aliphatic carbocycles. The van der Waals surface area contributed by atoms with Crippen molar-refractivity contribution in [1.29, 1.82) is 0 Å². The average molecular weight is 374 g/mol. The smallest absolute Gasteiger partial charge is 0.665 e. The van der Waals surface area contributed by atoms with Crippen molar-refractivity contribution < 1.29 is 39.3 Å². The molecule has 2 heterocycles. The van der Waals surface area contributed by atoms with Crippen LogP contribution in [0.4, 0.5) is 0 Å². The minimum absolute atomic E-state index is 0. The molecule has 2 aromatic heterocycles. The van der Waals surface area contributed by atoms with Gasteiger partial charge in [-0.25, -0.2) is 9.97 Å². The van der Waals surface area contributed by atoms with Crippen LogP contribution in [0.3, 0.4) is 0 Å². The molecule has 0 radical (unpaired) electrons. The number of aromatic nitrogens is 4. The van der Waals surface area contributed by atoms with Crippen molar-refractivity contribution in [3.05, 3.63) is 47.9 Å². The van der Waals surface area contributed by atoms with E-state index in [1.807, 2.05) is 0 Å². The molecule has 2 aromatic rings. The number of hydrogen-bond acceptors (Lipinski definition) is 4. The SMILES string of the molecule is [NH-]C(Cc1cnc[nH]1)C(=O)O.[NH-]C(Cc1cnc[nH]1)C(=O)O.[Zn+2]. The Morgan fingerprint density at radius 2 is 1.30 bits per heavy atom. The van der Waals surface area contributed by atoms with Crippen LogP contribution in [0.15, 0.2) is 25.0 Å². The van der Waals surface area contributed by atoms with Crippen molar-refractivity contribution in [3.8, 4) is 0 Å². The van der Waals surface area contributed by atoms with Crippen molar-refractivity contribution >= 4 is 11.9 Å². The summed E-state index contributed by atoms with van der Waals surface area (Å²) in [5.41, 5.74) is 15.5. The molecule has 0 spiro atoms. The molecule has 6 N–H and O–H groups in total. The molecule has 2 unspecified atom stereocenters. The van der Waals surface area contributed by atoms with Gasteiger partial charge in [0.25, 0.3) is 11.9 Å². The summed E-state index contributed by atoms with van der Waals surface area (Å²) in [4.78, 5) is 33.3. The first-order valence-corrected chi connectivity index (χ1v) is 6.22. The van der Waals surface area contributed by atoms with Crippen molar-refractivity contribution in [3.63, 3.8) is 0 Å². The fourth-order valence-corrected chi connectivity index (χ4v) is 1.41. The van der Waals surface area contributed by atoms with Crippen molar-refractivity contribution in [2.24, 2.45) is 0 Å². The predicted octanol–water partition coefficient (Wildman–Crippen LogP) is 0.913. The van der Waals surface area contributed by atoms with Crippen LogP contribution in [0.1, 0.15) is 11.4 Å². The number of aliphatic carboxylic acids is 2. The standard InChI is InChI=1S/2C6H8N3O2.Zn/c2*7-5(6(10)11)1-4-2-8-3-9-4;/h2*2-3,5,7H,1H2,(H,8,9)(H,10,11);/q2*-1;+2. The zero-order chi connectivity index (χ0) is 16.5. The summed E-state index contributed by atoms with van der Waals surface area (Å²) < 4.78 is 0. The molecule has 0 fully saturated rings. The molecular formula is C12H16N6O4Zn. The first-order chi connectivity index (χ1) is 10.4. The van der Waals surface area contributed by atoms with Gasteiger partial charge in [0, 0.05) is 23.8 Å². The van der Waals surface area contributed by atoms with Gasteiger partial charge in [-0.2, -0.15) is 0 Å². The van der Waals surface area contributed by atoms with Gasteiger partial charge in [-0.1, -0.05) is 0 Å². The summed E-state index contributed by atoms with van der Waals surface area (Å²) in [5.74, 6) is -2.22. The molecule has 0 saturated heterocycles. The van der Waals surface area contributed by atoms with Crippen LogP contribution in [0.5, 0.6) is 0 Å². The van der Waals surface area contributed by atoms with Crippen LogP contribution in [-0.4, -0.2) is 54.2 Å². The maximum absolute atomic E-state index is 10.2. The number of imidazole rings is 2. The van der Waals surface area contributed by atoms with Crippen LogP contribution in [0, 0.1) is 0 Å². The molecule has 10 nitrogen and oxygen atoms in total. The summed E-state index contributed by atoms with van der Waals surface area (Å²) in [6.07, 6.45) is 6.31. The minimum atomic E-state index is -1.11. The quantitative estimate of drug-likeness (QED) is 0.546. The molecule has 0 aromatic carbocycles. The van der Waals surface area contributed by atoms with E-state index in [4.69, 9.17) is 21.7 Å². The molecule has 23 heavy (non-hydrogen) atoms. The number of carbonyl (C=O) groups is 2. The fraction of sp³-hybridized carbons (Fsp3) is 0.333. The fourth-order valence-electron chi connectivity index (χ4n) is 1.41. The number of rotatable bonds is 6. The van der Waals surface area contributed by atoms with E-state index in [1.165, 1.54) is 25.0 Å². The zero-order valence-corrected chi connectivity index (χ0v) is 15.2. The molecule has 11 heteroatoms. The summed E-state index contributed by atoms with van der Waals surface area (Å²) in [5, 5.41) is 16.7. The first kappa shape index (κ1) is 20.9. The topological polar surface area (TPSA) is 180 Å². The van der Waals surface area contributed by atoms with E-state index in [0.717, 1.165) is 0 Å². The Morgan fingerprint density at radius 3 is 1.52 bits per heavy atom. The van der Waals surface area contributed by atoms with E-state index in [9.17, 15) is 9.59 Å². The van der Waals surface area contributed by atoms with E-state index < -0.39 is 24.0 Å². The predicted molar refractivity (Wildman–Crippen MR) is 76.1 cm³/mol. The molecule has 0 aliphatic heterocycles. The van der Waals surface area contributed by atoms with Gasteiger partial charge in [0.2, 0.25) is 0 Å². The number of nitrogens with one attached hydrogen (secondary N) is 4. The maximum Gasteiger partial charge on any atom is 2.00 e. The van der Waals surface area contributed by atoms with Crippen molar-refractivity contribution in [2.45, 2.75) is 24.9 Å². The zero-order valence-electron chi connectivity index (χ0n) is 12.2. The monoisotopic (exact) mass is 372 g/mol. The maximum atomic E-state index is 10.2. The molecule has 0 saturated carbocycles. The van der Waals surface area contributed by atoms with Crippen LogP contribution < -0.4 is 0 Å². The summed E-state index contributed by atoms with van der Waals surface area (Å²) >= 11 is 0. The third-order valence-electron chi connectivity index (χ3n) is 2.55. The molecule has 0 bridgehead atoms. The van der Waals surface area contributed by atoms with Crippen molar-refractivity contribution in [1.82, 2.24) is 19.9 Å². The molecule has 0 aliphatic rings. The third-order valence-corrected chi connectivity index (χ3v) is 2.55. The van der Waals surface area contributed by atoms with Gasteiger partial charge >= 0.3 is 19.5 Å². The first-order valence-electron chi connectivity index (χ1n) is 6.22. The Labute approximate surface area is 144 Å². The second-order valence-electron chi connectivity index (χ2n) is 4.34. The molecule has 2 atom stereocenters. The largest absolute Gasteiger partial charge is 2.00 e. The Bertz CT molecular complexity index is 522. The molecule has 0 amide bonds. The van der Waals surface area contributed by atoms with Crippen molar-refractivity contribution in [2.75, 3.05) is 0 Å². The number of hydrogen-bond donors (Lipinski definition) is 4. The summed E-state index contributed by atoms with van der Waals surface area (Å²) in [6.45, 7) is 0. The molecular weight excluding hydrogens is 358 g/mol. The second-order valence-corrected chi connectivity index (χ2v) is 4.34. The van der Waals surface area contributed by atoms with E-state index in [1.54, 1.807) is 0 Å². The summed E-state index contributed by atoms with van der Waals surface area (Å²) in [7, 11) is 0. The van der Waals surface area contributed by atoms with Gasteiger partial charge in [0.05, 0.1) is 12.7 Å². The van der Waals surface area contributed by atoms with Gasteiger partial charge in [-0.15, -0.1) is 0 Å². The average Bonchev–Trinajstić information content (AvgIpc) is 3.12.